The van der Waals surface area contributed by atoms with Crippen LogP contribution in [0, 0.1) is 0 Å². The largest absolute Gasteiger partial charge is 0.496 e. The number of ether oxygens (including phenoxy) is 2. The molecule has 1 aliphatic heterocycles. The zero-order chi connectivity index (χ0) is 16.8. The third kappa shape index (κ3) is 3.76. The summed E-state index contributed by atoms with van der Waals surface area (Å²) in [6.07, 6.45) is 4.17. The maximum Gasteiger partial charge on any atom is 0.226 e. The Morgan fingerprint density at radius 3 is 2.67 bits per heavy atom. The Morgan fingerprint density at radius 2 is 1.92 bits per heavy atom. The SMILES string of the molecule is COc1ccnc(NCC(c2ccccc2OC)N2CCCC2)n1. The summed E-state index contributed by atoms with van der Waals surface area (Å²) in [5, 5.41) is 3.35. The van der Waals surface area contributed by atoms with Gasteiger partial charge in [-0.1, -0.05) is 18.2 Å². The maximum atomic E-state index is 5.57. The van der Waals surface area contributed by atoms with E-state index in [4.69, 9.17) is 9.47 Å². The molecule has 1 saturated heterocycles. The number of nitrogens with zero attached hydrogens (tertiary/aromatic N) is 3. The highest BCUT2D eigenvalue weighted by Gasteiger charge is 2.25. The van der Waals surface area contributed by atoms with Gasteiger partial charge in [-0.3, -0.25) is 4.90 Å². The third-order valence-electron chi connectivity index (χ3n) is 4.37. The molecule has 1 aromatic heterocycles. The van der Waals surface area contributed by atoms with Crippen molar-refractivity contribution in [3.8, 4) is 11.6 Å². The van der Waals surface area contributed by atoms with Crippen molar-refractivity contribution in [1.29, 1.82) is 0 Å². The summed E-state index contributed by atoms with van der Waals surface area (Å²) in [6.45, 7) is 2.92. The number of para-hydroxylation sites is 1. The second-order valence-corrected chi connectivity index (χ2v) is 5.80. The summed E-state index contributed by atoms with van der Waals surface area (Å²) < 4.78 is 10.7. The second kappa shape index (κ2) is 7.97. The number of hydrogen-bond donors (Lipinski definition) is 1. The Hall–Kier alpha value is -2.34. The van der Waals surface area contributed by atoms with E-state index in [1.165, 1.54) is 18.4 Å². The van der Waals surface area contributed by atoms with Crippen molar-refractivity contribution in [3.05, 3.63) is 42.1 Å². The molecule has 3 rings (SSSR count). The fourth-order valence-electron chi connectivity index (χ4n) is 3.16. The van der Waals surface area contributed by atoms with Crippen LogP contribution in [0.1, 0.15) is 24.4 Å². The minimum Gasteiger partial charge on any atom is -0.496 e. The van der Waals surface area contributed by atoms with Crippen molar-refractivity contribution < 1.29 is 9.47 Å². The van der Waals surface area contributed by atoms with Gasteiger partial charge in [0.25, 0.3) is 0 Å². The first-order chi connectivity index (χ1) is 11.8. The molecule has 1 fully saturated rings. The number of aromatic nitrogens is 2. The molecule has 1 aromatic carbocycles. The van der Waals surface area contributed by atoms with Crippen LogP contribution in [0.3, 0.4) is 0 Å². The minimum atomic E-state index is 0.221. The highest BCUT2D eigenvalue weighted by atomic mass is 16.5. The average Bonchev–Trinajstić information content (AvgIpc) is 3.17. The van der Waals surface area contributed by atoms with Crippen LogP contribution in [0.4, 0.5) is 5.95 Å². The first-order valence-corrected chi connectivity index (χ1v) is 8.29. The van der Waals surface area contributed by atoms with E-state index in [1.54, 1.807) is 26.5 Å². The number of rotatable bonds is 7. The lowest BCUT2D eigenvalue weighted by Crippen LogP contribution is -2.31. The zero-order valence-electron chi connectivity index (χ0n) is 14.2. The molecule has 0 aliphatic carbocycles. The molecule has 0 bridgehead atoms. The van der Waals surface area contributed by atoms with E-state index in [9.17, 15) is 0 Å². The summed E-state index contributed by atoms with van der Waals surface area (Å²) in [5.74, 6) is 2.05. The molecule has 1 N–H and O–H groups in total. The molecule has 128 valence electrons. The predicted octanol–water partition coefficient (Wildman–Crippen LogP) is 2.74. The highest BCUT2D eigenvalue weighted by molar-refractivity contribution is 5.38. The molecule has 1 atom stereocenters. The van der Waals surface area contributed by atoms with Crippen LogP contribution in [0.2, 0.25) is 0 Å². The topological polar surface area (TPSA) is 59.5 Å². The third-order valence-corrected chi connectivity index (χ3v) is 4.37. The molecule has 1 aliphatic rings. The molecule has 0 radical (unpaired) electrons. The molecule has 2 aromatic rings. The Balaban J connectivity index is 1.80. The van der Waals surface area contributed by atoms with Gasteiger partial charge < -0.3 is 14.8 Å². The van der Waals surface area contributed by atoms with Gasteiger partial charge in [0.2, 0.25) is 11.8 Å². The molecule has 24 heavy (non-hydrogen) atoms. The van der Waals surface area contributed by atoms with Gasteiger partial charge in [-0.15, -0.1) is 0 Å². The first-order valence-electron chi connectivity index (χ1n) is 8.29. The Labute approximate surface area is 142 Å². The van der Waals surface area contributed by atoms with Gasteiger partial charge in [-0.25, -0.2) is 4.98 Å². The lowest BCUT2D eigenvalue weighted by atomic mass is 10.0. The number of likely N-dealkylation sites (tertiary alicyclic amines) is 1. The lowest BCUT2D eigenvalue weighted by Gasteiger charge is -2.29. The van der Waals surface area contributed by atoms with Gasteiger partial charge in [-0.2, -0.15) is 4.98 Å². The highest BCUT2D eigenvalue weighted by Crippen LogP contribution is 2.31. The number of anilines is 1. The monoisotopic (exact) mass is 328 g/mol. The summed E-state index contributed by atoms with van der Waals surface area (Å²) >= 11 is 0. The fourth-order valence-corrected chi connectivity index (χ4v) is 3.16. The minimum absolute atomic E-state index is 0.221. The van der Waals surface area contributed by atoms with E-state index in [1.807, 2.05) is 12.1 Å². The van der Waals surface area contributed by atoms with Crippen LogP contribution in [0.25, 0.3) is 0 Å². The molecule has 6 heteroatoms. The van der Waals surface area contributed by atoms with Crippen molar-refractivity contribution in [1.82, 2.24) is 14.9 Å². The Kier molecular flexibility index (Phi) is 5.48. The van der Waals surface area contributed by atoms with Crippen LogP contribution in [-0.2, 0) is 0 Å². The molecular weight excluding hydrogens is 304 g/mol. The van der Waals surface area contributed by atoms with Gasteiger partial charge in [-0.05, 0) is 32.0 Å². The number of benzene rings is 1. The molecule has 2 heterocycles. The van der Waals surface area contributed by atoms with Gasteiger partial charge in [0, 0.05) is 24.4 Å². The molecular formula is C18H24N4O2. The molecule has 1 unspecified atom stereocenters. The van der Waals surface area contributed by atoms with Gasteiger partial charge in [0.15, 0.2) is 0 Å². The number of methoxy groups -OCH3 is 2. The molecule has 0 spiro atoms. The second-order valence-electron chi connectivity index (χ2n) is 5.80. The molecule has 0 saturated carbocycles. The normalized spacial score (nSPS) is 15.9. The summed E-state index contributed by atoms with van der Waals surface area (Å²) in [7, 11) is 3.33. The van der Waals surface area contributed by atoms with E-state index >= 15 is 0 Å². The van der Waals surface area contributed by atoms with Crippen LogP contribution >= 0.6 is 0 Å². The van der Waals surface area contributed by atoms with Crippen molar-refractivity contribution in [2.24, 2.45) is 0 Å². The van der Waals surface area contributed by atoms with Crippen LogP contribution in [0.15, 0.2) is 36.5 Å². The lowest BCUT2D eigenvalue weighted by molar-refractivity contribution is 0.249. The van der Waals surface area contributed by atoms with Crippen molar-refractivity contribution >= 4 is 5.95 Å². The van der Waals surface area contributed by atoms with Crippen molar-refractivity contribution in [3.63, 3.8) is 0 Å². The van der Waals surface area contributed by atoms with Gasteiger partial charge in [0.05, 0.1) is 20.3 Å². The van der Waals surface area contributed by atoms with E-state index in [0.29, 0.717) is 18.4 Å². The van der Waals surface area contributed by atoms with E-state index in [2.05, 4.69) is 32.3 Å². The van der Waals surface area contributed by atoms with Crippen LogP contribution in [0.5, 0.6) is 11.6 Å². The zero-order valence-corrected chi connectivity index (χ0v) is 14.2. The maximum absolute atomic E-state index is 5.57. The first kappa shape index (κ1) is 16.5. The van der Waals surface area contributed by atoms with E-state index in [0.717, 1.165) is 18.8 Å². The summed E-state index contributed by atoms with van der Waals surface area (Å²) in [5.41, 5.74) is 1.19. The molecule has 0 amide bonds. The predicted molar refractivity (Wildman–Crippen MR) is 93.6 cm³/mol. The Morgan fingerprint density at radius 1 is 1.12 bits per heavy atom. The number of nitrogens with one attached hydrogen (secondary N) is 1. The van der Waals surface area contributed by atoms with Crippen molar-refractivity contribution in [2.45, 2.75) is 18.9 Å². The Bertz CT molecular complexity index is 659. The quantitative estimate of drug-likeness (QED) is 0.843. The van der Waals surface area contributed by atoms with Crippen molar-refractivity contribution in [2.75, 3.05) is 39.2 Å². The van der Waals surface area contributed by atoms with Crippen LogP contribution in [-0.4, -0.2) is 48.7 Å². The van der Waals surface area contributed by atoms with E-state index < -0.39 is 0 Å². The van der Waals surface area contributed by atoms with E-state index in [-0.39, 0.29) is 6.04 Å². The van der Waals surface area contributed by atoms with Gasteiger partial charge >= 0.3 is 0 Å². The fraction of sp³-hybridized carbons (Fsp3) is 0.444. The standard InChI is InChI=1S/C18H24N4O2/c1-23-16-8-4-3-7-14(16)15(22-11-5-6-12-22)13-20-18-19-10-9-17(21-18)24-2/h3-4,7-10,15H,5-6,11-13H2,1-2H3,(H,19,20,21). The smallest absolute Gasteiger partial charge is 0.226 e. The molecule has 6 nitrogen and oxygen atoms in total. The summed E-state index contributed by atoms with van der Waals surface area (Å²) in [6, 6.07) is 10.2. The number of hydrogen-bond acceptors (Lipinski definition) is 6. The van der Waals surface area contributed by atoms with Gasteiger partial charge in [0.1, 0.15) is 5.75 Å². The summed E-state index contributed by atoms with van der Waals surface area (Å²) in [4.78, 5) is 11.1. The van der Waals surface area contributed by atoms with Crippen LogP contribution < -0.4 is 14.8 Å². The average molecular weight is 328 g/mol.